The second-order valence-electron chi connectivity index (χ2n) is 7.95. The highest BCUT2D eigenvalue weighted by atomic mass is 15.3. The fraction of sp³-hybridized carbons (Fsp3) is 0.565. The number of nitrogens with zero attached hydrogens (tertiary/aromatic N) is 4. The lowest BCUT2D eigenvalue weighted by Crippen LogP contribution is -2.48. The Kier molecular flexibility index (Phi) is 7.69. The summed E-state index contributed by atoms with van der Waals surface area (Å²) in [5.74, 6) is 0.889. The highest BCUT2D eigenvalue weighted by Gasteiger charge is 2.22. The third-order valence-corrected chi connectivity index (χ3v) is 5.88. The maximum absolute atomic E-state index is 4.83. The summed E-state index contributed by atoms with van der Waals surface area (Å²) in [6, 6.07) is 11.3. The molecule has 1 saturated heterocycles. The fourth-order valence-corrected chi connectivity index (χ4v) is 4.08. The van der Waals surface area contributed by atoms with Gasteiger partial charge in [0.1, 0.15) is 0 Å². The Bertz CT molecular complexity index is 795. The number of aryl methyl sites for hydroxylation is 2. The van der Waals surface area contributed by atoms with Crippen molar-refractivity contribution in [3.05, 3.63) is 52.8 Å². The van der Waals surface area contributed by atoms with Crippen molar-refractivity contribution in [2.45, 2.75) is 59.2 Å². The first-order valence-electron chi connectivity index (χ1n) is 10.9. The van der Waals surface area contributed by atoms with Gasteiger partial charge in [0.05, 0.1) is 12.2 Å². The van der Waals surface area contributed by atoms with Crippen LogP contribution in [0.1, 0.15) is 48.7 Å². The smallest absolute Gasteiger partial charge is 0.191 e. The topological polar surface area (TPSA) is 57.5 Å². The molecule has 3 rings (SSSR count). The Morgan fingerprint density at radius 3 is 2.66 bits per heavy atom. The van der Waals surface area contributed by atoms with Crippen LogP contribution in [0.4, 0.5) is 0 Å². The molecule has 29 heavy (non-hydrogen) atoms. The predicted octanol–water partition coefficient (Wildman–Crippen LogP) is 3.15. The normalized spacial score (nSPS) is 18.1. The Hall–Kier alpha value is -2.34. The molecule has 2 N–H and O–H groups in total. The van der Waals surface area contributed by atoms with E-state index in [9.17, 15) is 0 Å². The minimum atomic E-state index is 0.537. The first kappa shape index (κ1) is 21.4. The van der Waals surface area contributed by atoms with E-state index in [0.29, 0.717) is 12.6 Å². The third-order valence-electron chi connectivity index (χ3n) is 5.88. The number of piperidine rings is 1. The molecule has 0 aliphatic carbocycles. The summed E-state index contributed by atoms with van der Waals surface area (Å²) in [6.45, 7) is 10.9. The molecule has 2 heterocycles. The molecule has 0 amide bonds. The summed E-state index contributed by atoms with van der Waals surface area (Å²) in [6.07, 6.45) is 3.83. The zero-order valence-corrected chi connectivity index (χ0v) is 18.4. The number of likely N-dealkylation sites (tertiary alicyclic amines) is 1. The molecule has 1 fully saturated rings. The molecule has 6 nitrogen and oxygen atoms in total. The lowest BCUT2D eigenvalue weighted by molar-refractivity contribution is 0.141. The van der Waals surface area contributed by atoms with Crippen LogP contribution in [0.3, 0.4) is 0 Å². The van der Waals surface area contributed by atoms with Gasteiger partial charge in [-0.2, -0.15) is 5.10 Å². The van der Waals surface area contributed by atoms with E-state index in [1.165, 1.54) is 42.6 Å². The summed E-state index contributed by atoms with van der Waals surface area (Å²) in [4.78, 5) is 7.45. The molecule has 1 atom stereocenters. The molecule has 158 valence electrons. The summed E-state index contributed by atoms with van der Waals surface area (Å²) in [5, 5.41) is 11.5. The molecule has 1 aromatic heterocycles. The summed E-state index contributed by atoms with van der Waals surface area (Å²) in [7, 11) is 1.99. The molecule has 0 bridgehead atoms. The van der Waals surface area contributed by atoms with Gasteiger partial charge in [-0.05, 0) is 45.7 Å². The van der Waals surface area contributed by atoms with Crippen molar-refractivity contribution in [3.8, 4) is 0 Å². The van der Waals surface area contributed by atoms with Gasteiger partial charge in [0, 0.05) is 44.0 Å². The quantitative estimate of drug-likeness (QED) is 0.558. The molecule has 1 unspecified atom stereocenters. The summed E-state index contributed by atoms with van der Waals surface area (Å²) >= 11 is 0. The maximum Gasteiger partial charge on any atom is 0.191 e. The van der Waals surface area contributed by atoms with Crippen LogP contribution in [0.2, 0.25) is 0 Å². The van der Waals surface area contributed by atoms with Crippen LogP contribution in [0.25, 0.3) is 0 Å². The van der Waals surface area contributed by atoms with E-state index in [0.717, 1.165) is 31.3 Å². The zero-order chi connectivity index (χ0) is 20.6. The number of nitrogens with one attached hydrogen (secondary N) is 2. The van der Waals surface area contributed by atoms with Gasteiger partial charge in [0.15, 0.2) is 5.96 Å². The molecule has 1 aliphatic heterocycles. The molecule has 6 heteroatoms. The number of hydrogen-bond acceptors (Lipinski definition) is 3. The van der Waals surface area contributed by atoms with Crippen LogP contribution < -0.4 is 10.6 Å². The number of rotatable bonds is 7. The SMILES string of the molecule is CCNC(=NCc1c(C)nn(C)c1C)NCC1CCCCN1Cc1ccccc1. The van der Waals surface area contributed by atoms with E-state index in [1.54, 1.807) is 0 Å². The standard InChI is InChI=1S/C23H36N6/c1-5-24-23(26-16-22-18(2)27-28(4)19(22)3)25-15-21-13-9-10-14-29(21)17-20-11-7-6-8-12-20/h6-8,11-12,21H,5,9-10,13-17H2,1-4H3,(H2,24,25,26). The van der Waals surface area contributed by atoms with Gasteiger partial charge in [-0.1, -0.05) is 36.8 Å². The number of guanidine groups is 1. The Balaban J connectivity index is 1.61. The van der Waals surface area contributed by atoms with Gasteiger partial charge in [0.25, 0.3) is 0 Å². The monoisotopic (exact) mass is 396 g/mol. The lowest BCUT2D eigenvalue weighted by Gasteiger charge is -2.36. The van der Waals surface area contributed by atoms with Crippen molar-refractivity contribution in [1.29, 1.82) is 0 Å². The van der Waals surface area contributed by atoms with E-state index < -0.39 is 0 Å². The number of hydrogen-bond donors (Lipinski definition) is 2. The van der Waals surface area contributed by atoms with Gasteiger partial charge in [0.2, 0.25) is 0 Å². The van der Waals surface area contributed by atoms with Crippen LogP contribution in [-0.4, -0.2) is 46.3 Å². The highest BCUT2D eigenvalue weighted by molar-refractivity contribution is 5.79. The van der Waals surface area contributed by atoms with Gasteiger partial charge in [-0.15, -0.1) is 0 Å². The average Bonchev–Trinajstić information content (AvgIpc) is 2.97. The van der Waals surface area contributed by atoms with Crippen LogP contribution in [0.5, 0.6) is 0 Å². The number of benzene rings is 1. The Labute approximate surface area is 175 Å². The van der Waals surface area contributed by atoms with Crippen molar-refractivity contribution in [2.24, 2.45) is 12.0 Å². The van der Waals surface area contributed by atoms with E-state index in [2.05, 4.69) is 71.7 Å². The van der Waals surface area contributed by atoms with Gasteiger partial charge in [-0.25, -0.2) is 4.99 Å². The molecule has 0 spiro atoms. The van der Waals surface area contributed by atoms with Crippen LogP contribution in [0, 0.1) is 13.8 Å². The van der Waals surface area contributed by atoms with E-state index in [-0.39, 0.29) is 0 Å². The summed E-state index contributed by atoms with van der Waals surface area (Å²) < 4.78 is 1.93. The van der Waals surface area contributed by atoms with Gasteiger partial charge < -0.3 is 10.6 Å². The van der Waals surface area contributed by atoms with Crippen molar-refractivity contribution < 1.29 is 0 Å². The highest BCUT2D eigenvalue weighted by Crippen LogP contribution is 2.19. The molecule has 0 radical (unpaired) electrons. The maximum atomic E-state index is 4.83. The van der Waals surface area contributed by atoms with Crippen LogP contribution in [0.15, 0.2) is 35.3 Å². The molecule has 1 aliphatic rings. The zero-order valence-electron chi connectivity index (χ0n) is 18.4. The summed E-state index contributed by atoms with van der Waals surface area (Å²) in [5.41, 5.74) is 4.85. The minimum absolute atomic E-state index is 0.537. The van der Waals surface area contributed by atoms with Crippen LogP contribution in [-0.2, 0) is 20.1 Å². The first-order chi connectivity index (χ1) is 14.1. The molecule has 1 aromatic carbocycles. The number of aliphatic imine (C=N–C) groups is 1. The van der Waals surface area contributed by atoms with Gasteiger partial charge in [-0.3, -0.25) is 9.58 Å². The lowest BCUT2D eigenvalue weighted by atomic mass is 10.0. The predicted molar refractivity (Wildman–Crippen MR) is 120 cm³/mol. The van der Waals surface area contributed by atoms with E-state index >= 15 is 0 Å². The second kappa shape index (κ2) is 10.4. The fourth-order valence-electron chi connectivity index (χ4n) is 4.08. The van der Waals surface area contributed by atoms with Crippen molar-refractivity contribution in [3.63, 3.8) is 0 Å². The molecule has 0 saturated carbocycles. The van der Waals surface area contributed by atoms with Gasteiger partial charge >= 0.3 is 0 Å². The van der Waals surface area contributed by atoms with Crippen LogP contribution >= 0.6 is 0 Å². The molecular formula is C23H36N6. The molecule has 2 aromatic rings. The average molecular weight is 397 g/mol. The largest absolute Gasteiger partial charge is 0.357 e. The van der Waals surface area contributed by atoms with Crippen molar-refractivity contribution >= 4 is 5.96 Å². The third kappa shape index (κ3) is 5.82. The first-order valence-corrected chi connectivity index (χ1v) is 10.9. The van der Waals surface area contributed by atoms with Crippen molar-refractivity contribution in [1.82, 2.24) is 25.3 Å². The number of aromatic nitrogens is 2. The van der Waals surface area contributed by atoms with E-state index in [4.69, 9.17) is 4.99 Å². The van der Waals surface area contributed by atoms with E-state index in [1.807, 2.05) is 11.7 Å². The van der Waals surface area contributed by atoms with Crippen molar-refractivity contribution in [2.75, 3.05) is 19.6 Å². The Morgan fingerprint density at radius 1 is 1.17 bits per heavy atom. The molecular weight excluding hydrogens is 360 g/mol. The minimum Gasteiger partial charge on any atom is -0.357 e. The second-order valence-corrected chi connectivity index (χ2v) is 7.95. The Morgan fingerprint density at radius 2 is 1.97 bits per heavy atom.